The Balaban J connectivity index is 2.00. The van der Waals surface area contributed by atoms with E-state index < -0.39 is 5.54 Å². The summed E-state index contributed by atoms with van der Waals surface area (Å²) in [5.74, 6) is -0.112. The van der Waals surface area contributed by atoms with E-state index in [1.54, 1.807) is 18.0 Å². The summed E-state index contributed by atoms with van der Waals surface area (Å²) in [6.45, 7) is 5.08. The van der Waals surface area contributed by atoms with Crippen molar-refractivity contribution in [2.45, 2.75) is 49.1 Å². The van der Waals surface area contributed by atoms with Crippen molar-refractivity contribution < 1.29 is 9.53 Å². The summed E-state index contributed by atoms with van der Waals surface area (Å²) in [6.07, 6.45) is 6.20. The van der Waals surface area contributed by atoms with Crippen LogP contribution in [0.5, 0.6) is 0 Å². The monoisotopic (exact) mass is 283 g/mol. The molecule has 0 aromatic carbocycles. The van der Waals surface area contributed by atoms with E-state index in [1.165, 1.54) is 0 Å². The summed E-state index contributed by atoms with van der Waals surface area (Å²) < 4.78 is 5.23. The molecule has 1 fully saturated rings. The van der Waals surface area contributed by atoms with E-state index in [2.05, 4.69) is 15.3 Å². The minimum absolute atomic E-state index is 0.112. The number of carbonyl (C=O) groups excluding carboxylic acids is 1. The number of nitrogens with zero attached hydrogens (tertiary/aromatic N) is 1. The first kappa shape index (κ1) is 14.4. The van der Waals surface area contributed by atoms with Crippen molar-refractivity contribution in [1.29, 1.82) is 0 Å². The maximum Gasteiger partial charge on any atom is 0.326 e. The number of hydrogen-bond acceptors (Lipinski definition) is 5. The van der Waals surface area contributed by atoms with Crippen LogP contribution in [0, 0.1) is 0 Å². The summed E-state index contributed by atoms with van der Waals surface area (Å²) in [6, 6.07) is 0. The Kier molecular flexibility index (Phi) is 4.87. The van der Waals surface area contributed by atoms with Crippen LogP contribution in [0.3, 0.4) is 0 Å². The van der Waals surface area contributed by atoms with Gasteiger partial charge in [0.1, 0.15) is 5.54 Å². The highest BCUT2D eigenvalue weighted by Crippen LogP contribution is 2.39. The van der Waals surface area contributed by atoms with Crippen LogP contribution in [-0.2, 0) is 9.53 Å². The summed E-state index contributed by atoms with van der Waals surface area (Å²) in [5.41, 5.74) is -0.505. The van der Waals surface area contributed by atoms with Crippen LogP contribution in [0.1, 0.15) is 33.1 Å². The average molecular weight is 283 g/mol. The third-order valence-corrected chi connectivity index (χ3v) is 4.58. The lowest BCUT2D eigenvalue weighted by Gasteiger charge is -2.27. The van der Waals surface area contributed by atoms with E-state index in [0.29, 0.717) is 11.9 Å². The van der Waals surface area contributed by atoms with E-state index in [1.807, 2.05) is 20.0 Å². The Bertz CT molecular complexity index is 410. The number of H-pyrrole nitrogens is 1. The molecule has 6 heteroatoms. The first-order chi connectivity index (χ1) is 9.20. The number of imidazole rings is 1. The van der Waals surface area contributed by atoms with Crippen LogP contribution in [-0.4, -0.2) is 39.9 Å². The van der Waals surface area contributed by atoms with Crippen molar-refractivity contribution in [3.8, 4) is 0 Å². The molecule has 19 heavy (non-hydrogen) atoms. The Morgan fingerprint density at radius 1 is 1.68 bits per heavy atom. The summed E-state index contributed by atoms with van der Waals surface area (Å²) in [5, 5.41) is 4.65. The smallest absolute Gasteiger partial charge is 0.326 e. The molecule has 0 saturated heterocycles. The molecule has 1 aromatic rings. The van der Waals surface area contributed by atoms with Gasteiger partial charge in [-0.25, -0.2) is 4.98 Å². The van der Waals surface area contributed by atoms with Crippen LogP contribution in [0.15, 0.2) is 17.6 Å². The first-order valence-electron chi connectivity index (χ1n) is 6.78. The zero-order valence-electron chi connectivity index (χ0n) is 11.4. The van der Waals surface area contributed by atoms with Crippen LogP contribution in [0.2, 0.25) is 0 Å². The molecule has 1 aromatic heterocycles. The average Bonchev–Trinajstić information content (AvgIpc) is 3.02. The predicted octanol–water partition coefficient (Wildman–Crippen LogP) is 1.97. The molecule has 2 rings (SSSR count). The van der Waals surface area contributed by atoms with Gasteiger partial charge in [0.2, 0.25) is 0 Å². The van der Waals surface area contributed by atoms with Crippen molar-refractivity contribution in [3.05, 3.63) is 12.4 Å². The number of thioether (sulfide) groups is 1. The summed E-state index contributed by atoms with van der Waals surface area (Å²) >= 11 is 1.71. The Morgan fingerprint density at radius 3 is 3.16 bits per heavy atom. The second kappa shape index (κ2) is 6.43. The highest BCUT2D eigenvalue weighted by atomic mass is 32.2. The maximum atomic E-state index is 12.2. The molecular weight excluding hydrogens is 262 g/mol. The van der Waals surface area contributed by atoms with E-state index >= 15 is 0 Å². The Labute approximate surface area is 117 Å². The lowest BCUT2D eigenvalue weighted by molar-refractivity contribution is -0.151. The fourth-order valence-corrected chi connectivity index (χ4v) is 3.78. The fourth-order valence-electron chi connectivity index (χ4n) is 2.60. The van der Waals surface area contributed by atoms with Gasteiger partial charge in [-0.05, 0) is 32.7 Å². The van der Waals surface area contributed by atoms with Crippen LogP contribution < -0.4 is 5.32 Å². The molecule has 0 amide bonds. The third kappa shape index (κ3) is 3.30. The number of ether oxygens (including phenoxy) is 1. The SMILES string of the molecule is CCNC1(C(=O)OCC)CCC(Sc2ncc[nH]2)C1. The number of aromatic amines is 1. The molecule has 1 aliphatic rings. The number of nitrogens with one attached hydrogen (secondary N) is 2. The summed E-state index contributed by atoms with van der Waals surface area (Å²) in [4.78, 5) is 19.5. The number of aromatic nitrogens is 2. The molecule has 0 spiro atoms. The zero-order chi connectivity index (χ0) is 13.7. The molecule has 1 heterocycles. The molecule has 2 N–H and O–H groups in total. The zero-order valence-corrected chi connectivity index (χ0v) is 12.3. The minimum atomic E-state index is -0.505. The standard InChI is InChI=1S/C13H21N3O2S/c1-3-16-13(11(17)18-4-2)6-5-10(9-13)19-12-14-7-8-15-12/h7-8,10,16H,3-6,9H2,1-2H3,(H,14,15). The lowest BCUT2D eigenvalue weighted by Crippen LogP contribution is -2.51. The van der Waals surface area contributed by atoms with E-state index in [4.69, 9.17) is 4.74 Å². The van der Waals surface area contributed by atoms with E-state index in [9.17, 15) is 4.79 Å². The number of rotatable bonds is 6. The van der Waals surface area contributed by atoms with Crippen molar-refractivity contribution >= 4 is 17.7 Å². The summed E-state index contributed by atoms with van der Waals surface area (Å²) in [7, 11) is 0. The highest BCUT2D eigenvalue weighted by Gasteiger charge is 2.46. The van der Waals surface area contributed by atoms with Crippen LogP contribution >= 0.6 is 11.8 Å². The van der Waals surface area contributed by atoms with Gasteiger partial charge in [-0.3, -0.25) is 4.79 Å². The first-order valence-corrected chi connectivity index (χ1v) is 7.66. The van der Waals surface area contributed by atoms with Gasteiger partial charge in [-0.1, -0.05) is 18.7 Å². The normalized spacial score (nSPS) is 26.5. The molecule has 2 atom stereocenters. The van der Waals surface area contributed by atoms with Gasteiger partial charge in [0.25, 0.3) is 0 Å². The molecule has 0 radical (unpaired) electrons. The van der Waals surface area contributed by atoms with Crippen LogP contribution in [0.25, 0.3) is 0 Å². The van der Waals surface area contributed by atoms with Crippen molar-refractivity contribution in [1.82, 2.24) is 15.3 Å². The lowest BCUT2D eigenvalue weighted by atomic mass is 9.98. The molecule has 2 unspecified atom stereocenters. The van der Waals surface area contributed by atoms with Gasteiger partial charge in [-0.2, -0.15) is 0 Å². The van der Waals surface area contributed by atoms with Gasteiger partial charge < -0.3 is 15.0 Å². The molecule has 0 bridgehead atoms. The predicted molar refractivity (Wildman–Crippen MR) is 75.1 cm³/mol. The van der Waals surface area contributed by atoms with E-state index in [0.717, 1.165) is 31.0 Å². The number of esters is 1. The van der Waals surface area contributed by atoms with Gasteiger partial charge in [0.15, 0.2) is 5.16 Å². The van der Waals surface area contributed by atoms with Gasteiger partial charge in [0.05, 0.1) is 6.61 Å². The van der Waals surface area contributed by atoms with Crippen molar-refractivity contribution in [2.75, 3.05) is 13.2 Å². The molecule has 106 valence electrons. The molecule has 1 saturated carbocycles. The second-order valence-corrected chi connectivity index (χ2v) is 6.00. The minimum Gasteiger partial charge on any atom is -0.465 e. The Hall–Kier alpha value is -1.01. The fraction of sp³-hybridized carbons (Fsp3) is 0.692. The topological polar surface area (TPSA) is 67.0 Å². The molecule has 1 aliphatic carbocycles. The number of carbonyl (C=O) groups is 1. The van der Waals surface area contributed by atoms with Crippen LogP contribution in [0.4, 0.5) is 0 Å². The Morgan fingerprint density at radius 2 is 2.53 bits per heavy atom. The van der Waals surface area contributed by atoms with E-state index in [-0.39, 0.29) is 5.97 Å². The second-order valence-electron chi connectivity index (χ2n) is 4.71. The van der Waals surface area contributed by atoms with Gasteiger partial charge in [0, 0.05) is 17.6 Å². The molecule has 0 aliphatic heterocycles. The van der Waals surface area contributed by atoms with Gasteiger partial charge in [-0.15, -0.1) is 0 Å². The molecular formula is C13H21N3O2S. The quantitative estimate of drug-likeness (QED) is 0.781. The maximum absolute atomic E-state index is 12.2. The number of hydrogen-bond donors (Lipinski definition) is 2. The largest absolute Gasteiger partial charge is 0.465 e. The number of likely N-dealkylation sites (N-methyl/N-ethyl adjacent to an activating group) is 1. The van der Waals surface area contributed by atoms with Crippen molar-refractivity contribution in [2.24, 2.45) is 0 Å². The molecule has 5 nitrogen and oxygen atoms in total. The third-order valence-electron chi connectivity index (χ3n) is 3.40. The van der Waals surface area contributed by atoms with Gasteiger partial charge >= 0.3 is 5.97 Å². The highest BCUT2D eigenvalue weighted by molar-refractivity contribution is 7.99. The van der Waals surface area contributed by atoms with Crippen molar-refractivity contribution in [3.63, 3.8) is 0 Å².